The first kappa shape index (κ1) is 17.6. The highest BCUT2D eigenvalue weighted by Gasteiger charge is 2.21. The molecule has 6 nitrogen and oxygen atoms in total. The second-order valence-corrected chi connectivity index (χ2v) is 5.52. The molecule has 0 radical (unpaired) electrons. The average Bonchev–Trinajstić information content (AvgIpc) is 2.62. The van der Waals surface area contributed by atoms with Crippen molar-refractivity contribution in [2.75, 3.05) is 5.32 Å². The molecule has 0 saturated carbocycles. The van der Waals surface area contributed by atoms with Gasteiger partial charge in [-0.2, -0.15) is 0 Å². The van der Waals surface area contributed by atoms with Gasteiger partial charge in [0.1, 0.15) is 0 Å². The summed E-state index contributed by atoms with van der Waals surface area (Å²) < 4.78 is 5.14. The van der Waals surface area contributed by atoms with Crippen LogP contribution in [0.2, 0.25) is 0 Å². The molecule has 2 rings (SSSR count). The van der Waals surface area contributed by atoms with E-state index in [4.69, 9.17) is 4.74 Å². The number of nitrogens with one attached hydrogen (secondary N) is 1. The van der Waals surface area contributed by atoms with Crippen LogP contribution in [0.15, 0.2) is 42.9 Å². The van der Waals surface area contributed by atoms with E-state index in [1.807, 2.05) is 24.3 Å². The average molecular weight is 327 g/mol. The third-order valence-electron chi connectivity index (χ3n) is 3.79. The number of rotatable bonds is 6. The Morgan fingerprint density at radius 2 is 1.96 bits per heavy atom. The Morgan fingerprint density at radius 3 is 2.62 bits per heavy atom. The summed E-state index contributed by atoms with van der Waals surface area (Å²) in [5.41, 5.74) is 1.86. The first-order valence-electron chi connectivity index (χ1n) is 7.89. The van der Waals surface area contributed by atoms with E-state index in [1.54, 1.807) is 0 Å². The lowest BCUT2D eigenvalue weighted by molar-refractivity contribution is -0.123. The van der Waals surface area contributed by atoms with Gasteiger partial charge in [0, 0.05) is 18.1 Å². The summed E-state index contributed by atoms with van der Waals surface area (Å²) in [6.07, 6.45) is 4.17. The molecule has 126 valence electrons. The molecule has 1 aromatic carbocycles. The summed E-state index contributed by atoms with van der Waals surface area (Å²) in [7, 11) is 0. The van der Waals surface area contributed by atoms with Crippen molar-refractivity contribution in [2.45, 2.75) is 39.2 Å². The number of esters is 1. The molecule has 0 aliphatic heterocycles. The fourth-order valence-corrected chi connectivity index (χ4v) is 2.17. The predicted molar refractivity (Wildman–Crippen MR) is 90.7 cm³/mol. The Balaban J connectivity index is 2.03. The Bertz CT molecular complexity index is 704. The van der Waals surface area contributed by atoms with Crippen LogP contribution in [0, 0.1) is 0 Å². The van der Waals surface area contributed by atoms with E-state index in [9.17, 15) is 9.59 Å². The number of nitrogens with zero attached hydrogens (tertiary/aromatic N) is 2. The number of carbonyl (C=O) groups is 2. The standard InChI is InChI=1S/C18H21N3O3/c1-4-12(2)14-7-5-6-8-15(14)21-17(22)13(3)24-18(23)16-11-19-9-10-20-16/h5-13H,4H2,1-3H3,(H,21,22)/t12-,13-/m1/s1. The van der Waals surface area contributed by atoms with Crippen molar-refractivity contribution in [1.29, 1.82) is 0 Å². The highest BCUT2D eigenvalue weighted by atomic mass is 16.5. The fourth-order valence-electron chi connectivity index (χ4n) is 2.17. The van der Waals surface area contributed by atoms with Gasteiger partial charge in [-0.3, -0.25) is 9.78 Å². The molecule has 6 heteroatoms. The first-order valence-corrected chi connectivity index (χ1v) is 7.89. The van der Waals surface area contributed by atoms with E-state index in [1.165, 1.54) is 25.5 Å². The SMILES string of the molecule is CC[C@@H](C)c1ccccc1NC(=O)[C@@H](C)OC(=O)c1cnccn1. The minimum atomic E-state index is -0.940. The van der Waals surface area contributed by atoms with Crippen LogP contribution >= 0.6 is 0 Å². The second-order valence-electron chi connectivity index (χ2n) is 5.52. The molecule has 2 atom stereocenters. The highest BCUT2D eigenvalue weighted by molar-refractivity contribution is 5.97. The zero-order valence-corrected chi connectivity index (χ0v) is 14.0. The molecule has 1 aromatic heterocycles. The number of hydrogen-bond acceptors (Lipinski definition) is 5. The van der Waals surface area contributed by atoms with Crippen LogP contribution in [0.5, 0.6) is 0 Å². The van der Waals surface area contributed by atoms with Crippen molar-refractivity contribution in [3.8, 4) is 0 Å². The van der Waals surface area contributed by atoms with E-state index in [0.29, 0.717) is 5.92 Å². The van der Waals surface area contributed by atoms with Crippen LogP contribution in [0.4, 0.5) is 5.69 Å². The molecule has 0 bridgehead atoms. The first-order chi connectivity index (χ1) is 11.5. The van der Waals surface area contributed by atoms with Gasteiger partial charge in [0.05, 0.1) is 6.20 Å². The van der Waals surface area contributed by atoms with E-state index >= 15 is 0 Å². The maximum Gasteiger partial charge on any atom is 0.359 e. The number of hydrogen-bond donors (Lipinski definition) is 1. The molecule has 0 aliphatic carbocycles. The summed E-state index contributed by atoms with van der Waals surface area (Å²) >= 11 is 0. The van der Waals surface area contributed by atoms with Crippen molar-refractivity contribution in [3.05, 3.63) is 54.1 Å². The van der Waals surface area contributed by atoms with Gasteiger partial charge in [-0.05, 0) is 30.9 Å². The summed E-state index contributed by atoms with van der Waals surface area (Å²) in [4.78, 5) is 31.9. The molecule has 0 aliphatic rings. The number of anilines is 1. The summed E-state index contributed by atoms with van der Waals surface area (Å²) in [6, 6.07) is 7.63. The van der Waals surface area contributed by atoms with Crippen LogP contribution in [0.1, 0.15) is 49.2 Å². The van der Waals surface area contributed by atoms with Crippen molar-refractivity contribution in [3.63, 3.8) is 0 Å². The van der Waals surface area contributed by atoms with Gasteiger partial charge >= 0.3 is 5.97 Å². The van der Waals surface area contributed by atoms with Crippen LogP contribution in [-0.4, -0.2) is 27.9 Å². The van der Waals surface area contributed by atoms with Crippen LogP contribution < -0.4 is 5.32 Å². The lowest BCUT2D eigenvalue weighted by Crippen LogP contribution is -2.30. The Hall–Kier alpha value is -2.76. The second kappa shape index (κ2) is 8.19. The minimum absolute atomic E-state index is 0.0668. The molecule has 1 heterocycles. The van der Waals surface area contributed by atoms with E-state index in [2.05, 4.69) is 29.1 Å². The smallest absolute Gasteiger partial charge is 0.359 e. The summed E-state index contributed by atoms with van der Waals surface area (Å²) in [5, 5.41) is 2.83. The third kappa shape index (κ3) is 4.38. The molecule has 1 amide bonds. The van der Waals surface area contributed by atoms with Gasteiger partial charge in [0.25, 0.3) is 5.91 Å². The summed E-state index contributed by atoms with van der Waals surface area (Å²) in [6.45, 7) is 5.71. The molecule has 0 fully saturated rings. The van der Waals surface area contributed by atoms with Gasteiger partial charge in [-0.1, -0.05) is 32.0 Å². The van der Waals surface area contributed by atoms with Crippen LogP contribution in [0.25, 0.3) is 0 Å². The van der Waals surface area contributed by atoms with Gasteiger partial charge in [0.2, 0.25) is 0 Å². The molecule has 2 aromatic rings. The van der Waals surface area contributed by atoms with E-state index < -0.39 is 12.1 Å². The number of ether oxygens (including phenoxy) is 1. The monoisotopic (exact) mass is 327 g/mol. The summed E-state index contributed by atoms with van der Waals surface area (Å²) in [5.74, 6) is -0.747. The number of para-hydroxylation sites is 1. The van der Waals surface area contributed by atoms with E-state index in [-0.39, 0.29) is 11.6 Å². The Morgan fingerprint density at radius 1 is 1.21 bits per heavy atom. The Labute approximate surface area is 141 Å². The number of aromatic nitrogens is 2. The topological polar surface area (TPSA) is 81.2 Å². The highest BCUT2D eigenvalue weighted by Crippen LogP contribution is 2.26. The maximum absolute atomic E-state index is 12.3. The van der Waals surface area contributed by atoms with Gasteiger partial charge in [0.15, 0.2) is 11.8 Å². The maximum atomic E-state index is 12.3. The molecule has 24 heavy (non-hydrogen) atoms. The largest absolute Gasteiger partial charge is 0.448 e. The third-order valence-corrected chi connectivity index (χ3v) is 3.79. The molecular formula is C18H21N3O3. The fraction of sp³-hybridized carbons (Fsp3) is 0.333. The van der Waals surface area contributed by atoms with Crippen molar-refractivity contribution in [2.24, 2.45) is 0 Å². The molecule has 1 N–H and O–H groups in total. The number of amides is 1. The lowest BCUT2D eigenvalue weighted by atomic mass is 9.97. The Kier molecular flexibility index (Phi) is 6.01. The zero-order valence-electron chi connectivity index (χ0n) is 14.0. The molecule has 0 spiro atoms. The van der Waals surface area contributed by atoms with Crippen molar-refractivity contribution in [1.82, 2.24) is 9.97 Å². The van der Waals surface area contributed by atoms with Gasteiger partial charge in [-0.25, -0.2) is 9.78 Å². The molecule has 0 unspecified atom stereocenters. The lowest BCUT2D eigenvalue weighted by Gasteiger charge is -2.18. The molecular weight excluding hydrogens is 306 g/mol. The van der Waals surface area contributed by atoms with Crippen LogP contribution in [-0.2, 0) is 9.53 Å². The predicted octanol–water partition coefficient (Wildman–Crippen LogP) is 3.17. The van der Waals surface area contributed by atoms with Crippen molar-refractivity contribution >= 4 is 17.6 Å². The normalized spacial score (nSPS) is 13.0. The number of benzene rings is 1. The van der Waals surface area contributed by atoms with Crippen molar-refractivity contribution < 1.29 is 14.3 Å². The molecule has 0 saturated heterocycles. The quantitative estimate of drug-likeness (QED) is 0.824. The minimum Gasteiger partial charge on any atom is -0.448 e. The zero-order chi connectivity index (χ0) is 17.5. The number of carbonyl (C=O) groups excluding carboxylic acids is 2. The van der Waals surface area contributed by atoms with Crippen LogP contribution in [0.3, 0.4) is 0 Å². The van der Waals surface area contributed by atoms with E-state index in [0.717, 1.165) is 17.7 Å². The van der Waals surface area contributed by atoms with Gasteiger partial charge in [-0.15, -0.1) is 0 Å². The van der Waals surface area contributed by atoms with Gasteiger partial charge < -0.3 is 10.1 Å².